The molecule has 132 valence electrons. The Hall–Kier alpha value is -3.03. The molecule has 0 aromatic heterocycles. The van der Waals surface area contributed by atoms with Crippen molar-refractivity contribution in [1.29, 1.82) is 5.26 Å². The molecular formula is C23H18N2OS. The Labute approximate surface area is 163 Å². The Kier molecular flexibility index (Phi) is 4.95. The summed E-state index contributed by atoms with van der Waals surface area (Å²) in [5.74, 6) is 0.0406. The number of carbonyl (C=O) groups is 1. The van der Waals surface area contributed by atoms with E-state index in [4.69, 9.17) is 5.26 Å². The SMILES string of the molecule is N#Cc1cccc(CN2CC(c3ccccc3)Sc3ccccc3C2=O)c1. The molecule has 0 spiro atoms. The molecule has 1 unspecified atom stereocenters. The van der Waals surface area contributed by atoms with E-state index < -0.39 is 0 Å². The first kappa shape index (κ1) is 17.4. The molecule has 27 heavy (non-hydrogen) atoms. The van der Waals surface area contributed by atoms with Crippen molar-refractivity contribution in [3.63, 3.8) is 0 Å². The van der Waals surface area contributed by atoms with Gasteiger partial charge in [-0.3, -0.25) is 4.79 Å². The van der Waals surface area contributed by atoms with Crippen LogP contribution in [0.2, 0.25) is 0 Å². The lowest BCUT2D eigenvalue weighted by Gasteiger charge is -2.25. The maximum atomic E-state index is 13.2. The molecule has 0 bridgehead atoms. The fourth-order valence-electron chi connectivity index (χ4n) is 3.33. The predicted molar refractivity (Wildman–Crippen MR) is 107 cm³/mol. The second-order valence-corrected chi connectivity index (χ2v) is 7.76. The molecule has 0 radical (unpaired) electrons. The molecule has 1 aliphatic rings. The Balaban J connectivity index is 1.71. The minimum absolute atomic E-state index is 0.0406. The zero-order chi connectivity index (χ0) is 18.6. The zero-order valence-electron chi connectivity index (χ0n) is 14.7. The smallest absolute Gasteiger partial charge is 0.255 e. The van der Waals surface area contributed by atoms with Gasteiger partial charge >= 0.3 is 0 Å². The summed E-state index contributed by atoms with van der Waals surface area (Å²) >= 11 is 1.74. The monoisotopic (exact) mass is 370 g/mol. The fraction of sp³-hybridized carbons (Fsp3) is 0.130. The van der Waals surface area contributed by atoms with Crippen molar-refractivity contribution in [2.45, 2.75) is 16.7 Å². The number of nitriles is 1. The van der Waals surface area contributed by atoms with Gasteiger partial charge < -0.3 is 4.90 Å². The lowest BCUT2D eigenvalue weighted by Crippen LogP contribution is -2.32. The molecule has 3 aromatic carbocycles. The average molecular weight is 370 g/mol. The second kappa shape index (κ2) is 7.69. The van der Waals surface area contributed by atoms with Crippen LogP contribution in [0.5, 0.6) is 0 Å². The number of nitrogens with zero attached hydrogens (tertiary/aromatic N) is 2. The van der Waals surface area contributed by atoms with Crippen molar-refractivity contribution in [1.82, 2.24) is 4.90 Å². The fourth-order valence-corrected chi connectivity index (χ4v) is 4.62. The van der Waals surface area contributed by atoms with Crippen molar-refractivity contribution < 1.29 is 4.79 Å². The molecular weight excluding hydrogens is 352 g/mol. The summed E-state index contributed by atoms with van der Waals surface area (Å²) in [6.07, 6.45) is 0. The summed E-state index contributed by atoms with van der Waals surface area (Å²) in [5.41, 5.74) is 3.54. The van der Waals surface area contributed by atoms with Gasteiger partial charge in [-0.2, -0.15) is 5.26 Å². The standard InChI is InChI=1S/C23H18N2OS/c24-14-17-7-6-8-18(13-17)15-25-16-22(19-9-2-1-3-10-19)27-21-12-5-4-11-20(21)23(25)26/h1-13,22H,15-16H2. The Morgan fingerprint density at radius 3 is 2.59 bits per heavy atom. The van der Waals surface area contributed by atoms with Crippen molar-refractivity contribution in [2.24, 2.45) is 0 Å². The molecule has 0 N–H and O–H groups in total. The first-order chi connectivity index (χ1) is 13.2. The number of amides is 1. The van der Waals surface area contributed by atoms with E-state index in [1.54, 1.807) is 17.8 Å². The van der Waals surface area contributed by atoms with E-state index in [2.05, 4.69) is 18.2 Å². The summed E-state index contributed by atoms with van der Waals surface area (Å²) < 4.78 is 0. The largest absolute Gasteiger partial charge is 0.333 e. The van der Waals surface area contributed by atoms with Crippen LogP contribution < -0.4 is 0 Å². The molecule has 0 saturated heterocycles. The topological polar surface area (TPSA) is 44.1 Å². The Morgan fingerprint density at radius 2 is 1.78 bits per heavy atom. The van der Waals surface area contributed by atoms with E-state index in [9.17, 15) is 4.79 Å². The highest BCUT2D eigenvalue weighted by Crippen LogP contribution is 2.41. The van der Waals surface area contributed by atoms with Crippen LogP contribution in [0.4, 0.5) is 0 Å². The van der Waals surface area contributed by atoms with Crippen molar-refractivity contribution >= 4 is 17.7 Å². The molecule has 3 nitrogen and oxygen atoms in total. The zero-order valence-corrected chi connectivity index (χ0v) is 15.5. The quantitative estimate of drug-likeness (QED) is 0.648. The minimum atomic E-state index is 0.0406. The Morgan fingerprint density at radius 1 is 1.00 bits per heavy atom. The van der Waals surface area contributed by atoms with E-state index >= 15 is 0 Å². The first-order valence-corrected chi connectivity index (χ1v) is 9.71. The molecule has 1 amide bonds. The molecule has 4 rings (SSSR count). The summed E-state index contributed by atoms with van der Waals surface area (Å²) in [6.45, 7) is 1.12. The summed E-state index contributed by atoms with van der Waals surface area (Å²) in [4.78, 5) is 16.1. The minimum Gasteiger partial charge on any atom is -0.333 e. The van der Waals surface area contributed by atoms with Crippen LogP contribution >= 0.6 is 11.8 Å². The summed E-state index contributed by atoms with van der Waals surface area (Å²) in [6, 6.07) is 27.8. The van der Waals surface area contributed by atoms with Crippen LogP contribution in [0.25, 0.3) is 0 Å². The number of benzene rings is 3. The molecule has 1 atom stereocenters. The van der Waals surface area contributed by atoms with Crippen LogP contribution in [0, 0.1) is 11.3 Å². The van der Waals surface area contributed by atoms with Gasteiger partial charge in [-0.05, 0) is 35.4 Å². The van der Waals surface area contributed by atoms with Gasteiger partial charge in [0.2, 0.25) is 0 Å². The molecule has 0 fully saturated rings. The predicted octanol–water partition coefficient (Wildman–Crippen LogP) is 5.05. The van der Waals surface area contributed by atoms with Crippen molar-refractivity contribution in [3.05, 3.63) is 101 Å². The van der Waals surface area contributed by atoms with E-state index in [0.29, 0.717) is 18.7 Å². The van der Waals surface area contributed by atoms with Gasteiger partial charge in [0.05, 0.1) is 22.4 Å². The Bertz CT molecular complexity index is 1010. The number of rotatable bonds is 3. The maximum absolute atomic E-state index is 13.2. The lowest BCUT2D eigenvalue weighted by atomic mass is 10.1. The van der Waals surface area contributed by atoms with E-state index in [1.165, 1.54) is 5.56 Å². The molecule has 0 saturated carbocycles. The number of carbonyl (C=O) groups excluding carboxylic acids is 1. The van der Waals surface area contributed by atoms with Crippen molar-refractivity contribution in [2.75, 3.05) is 6.54 Å². The van der Waals surface area contributed by atoms with Gasteiger partial charge in [0.25, 0.3) is 5.91 Å². The third kappa shape index (κ3) is 3.74. The first-order valence-electron chi connectivity index (χ1n) is 8.83. The normalized spacial score (nSPS) is 16.3. The number of thioether (sulfide) groups is 1. The second-order valence-electron chi connectivity index (χ2n) is 6.51. The third-order valence-electron chi connectivity index (χ3n) is 4.66. The van der Waals surface area contributed by atoms with Gasteiger partial charge in [-0.25, -0.2) is 0 Å². The van der Waals surface area contributed by atoms with Crippen LogP contribution in [-0.2, 0) is 6.54 Å². The summed E-state index contributed by atoms with van der Waals surface area (Å²) in [5, 5.41) is 9.32. The van der Waals surface area contributed by atoms with Gasteiger partial charge in [-0.1, -0.05) is 54.6 Å². The highest BCUT2D eigenvalue weighted by molar-refractivity contribution is 7.99. The molecule has 0 aliphatic carbocycles. The number of hydrogen-bond donors (Lipinski definition) is 0. The van der Waals surface area contributed by atoms with Crippen LogP contribution in [-0.4, -0.2) is 17.4 Å². The van der Waals surface area contributed by atoms with E-state index in [-0.39, 0.29) is 11.2 Å². The maximum Gasteiger partial charge on any atom is 0.255 e. The van der Waals surface area contributed by atoms with Gasteiger partial charge in [0.15, 0.2) is 0 Å². The number of fused-ring (bicyclic) bond motifs is 1. The highest BCUT2D eigenvalue weighted by atomic mass is 32.2. The third-order valence-corrected chi connectivity index (χ3v) is 5.98. The summed E-state index contributed by atoms with van der Waals surface area (Å²) in [7, 11) is 0. The van der Waals surface area contributed by atoms with Gasteiger partial charge in [0.1, 0.15) is 0 Å². The molecule has 3 aromatic rings. The van der Waals surface area contributed by atoms with Gasteiger partial charge in [0, 0.05) is 18.0 Å². The average Bonchev–Trinajstić information content (AvgIpc) is 2.86. The van der Waals surface area contributed by atoms with Crippen LogP contribution in [0.15, 0.2) is 83.8 Å². The van der Waals surface area contributed by atoms with Crippen LogP contribution in [0.1, 0.15) is 32.3 Å². The molecule has 4 heteroatoms. The lowest BCUT2D eigenvalue weighted by molar-refractivity contribution is 0.0743. The van der Waals surface area contributed by atoms with Gasteiger partial charge in [-0.15, -0.1) is 11.8 Å². The number of hydrogen-bond acceptors (Lipinski definition) is 3. The highest BCUT2D eigenvalue weighted by Gasteiger charge is 2.29. The van der Waals surface area contributed by atoms with E-state index in [1.807, 2.05) is 65.6 Å². The van der Waals surface area contributed by atoms with Crippen molar-refractivity contribution in [3.8, 4) is 6.07 Å². The molecule has 1 aliphatic heterocycles. The molecule has 1 heterocycles. The van der Waals surface area contributed by atoms with E-state index in [0.717, 1.165) is 16.0 Å². The van der Waals surface area contributed by atoms with Crippen LogP contribution in [0.3, 0.4) is 0 Å².